The molecule has 19 heteroatoms. The van der Waals surface area contributed by atoms with E-state index in [0.29, 0.717) is 40.5 Å². The molecule has 44 heavy (non-hydrogen) atoms. The second kappa shape index (κ2) is 13.4. The number of hydrogen-bond acceptors (Lipinski definition) is 10. The van der Waals surface area contributed by atoms with Crippen molar-refractivity contribution in [3.63, 3.8) is 0 Å². The van der Waals surface area contributed by atoms with Crippen molar-refractivity contribution in [2.75, 3.05) is 28.9 Å². The van der Waals surface area contributed by atoms with Crippen LogP contribution in [0.15, 0.2) is 72.0 Å². The van der Waals surface area contributed by atoms with E-state index >= 15 is 0 Å². The number of amides is 2. The summed E-state index contributed by atoms with van der Waals surface area (Å²) in [6.45, 7) is 0. The molecule has 2 aromatic carbocycles. The average Bonchev–Trinajstić information content (AvgIpc) is 2.89. The molecule has 0 spiro atoms. The third-order valence-electron chi connectivity index (χ3n) is 5.10. The summed E-state index contributed by atoms with van der Waals surface area (Å²) in [5.41, 5.74) is 5.69. The molecule has 2 aromatic heterocycles. The van der Waals surface area contributed by atoms with Gasteiger partial charge in [0.25, 0.3) is 10.1 Å². The number of carbonyl (C=O) groups is 1. The number of urea groups is 1. The van der Waals surface area contributed by atoms with E-state index in [4.69, 9.17) is 26.6 Å². The predicted octanol–water partition coefficient (Wildman–Crippen LogP) is 5.14. The van der Waals surface area contributed by atoms with E-state index < -0.39 is 48.3 Å². The smallest absolute Gasteiger partial charge is 0.416 e. The quantitative estimate of drug-likeness (QED) is 0.197. The Balaban J connectivity index is 0.000000978. The normalized spacial score (nSPS) is 11.6. The number of benzene rings is 2. The number of aromatic nitrogens is 3. The van der Waals surface area contributed by atoms with Crippen LogP contribution in [0.25, 0.3) is 11.1 Å². The summed E-state index contributed by atoms with van der Waals surface area (Å²) >= 11 is 5.98. The van der Waals surface area contributed by atoms with Crippen LogP contribution in [0.4, 0.5) is 35.2 Å². The van der Waals surface area contributed by atoms with Crippen molar-refractivity contribution in [3.05, 3.63) is 77.7 Å². The zero-order valence-electron chi connectivity index (χ0n) is 22.5. The third-order valence-corrected chi connectivity index (χ3v) is 6.46. The van der Waals surface area contributed by atoms with E-state index in [1.165, 1.54) is 18.6 Å². The summed E-state index contributed by atoms with van der Waals surface area (Å²) in [7, 11) is -7.61. The molecule has 4 aromatic rings. The third kappa shape index (κ3) is 10.3. The first-order valence-corrected chi connectivity index (χ1v) is 15.8. The SMILES string of the molecule is CS(=O)(=O)O.CS(=O)(=O)c1ccc(C(F)(F)F)cc1NC(=O)Nc1cnc(Oc2ccc(-c3cc(Cl)cnc3N)cc2)nc1. The Bertz CT molecular complexity index is 1870. The van der Waals surface area contributed by atoms with Gasteiger partial charge >= 0.3 is 18.2 Å². The standard InChI is InChI=1S/C24H18ClF3N6O4S.CH4O3S/c1-39(36,37)20-7-4-14(24(26,27)28)8-19(20)34-22(35)33-16-11-31-23(32-12-16)38-17-5-2-13(3-6-17)18-9-15(25)10-30-21(18)29;1-5(2,3)4/h2-12H,1H3,(H2,29,30)(H2,33,34,35);1H3,(H,2,3,4). The molecule has 0 radical (unpaired) electrons. The molecule has 0 aliphatic rings. The van der Waals surface area contributed by atoms with E-state index in [1.54, 1.807) is 30.3 Å². The lowest BCUT2D eigenvalue weighted by Gasteiger charge is -2.14. The van der Waals surface area contributed by atoms with Crippen LogP contribution in [0.5, 0.6) is 11.8 Å². The molecular formula is C25H22ClF3N6O7S2. The fourth-order valence-electron chi connectivity index (χ4n) is 3.33. The van der Waals surface area contributed by atoms with Gasteiger partial charge in [0.15, 0.2) is 9.84 Å². The fourth-order valence-corrected chi connectivity index (χ4v) is 4.32. The molecule has 0 saturated carbocycles. The molecule has 0 bridgehead atoms. The fraction of sp³-hybridized carbons (Fsp3) is 0.120. The van der Waals surface area contributed by atoms with Gasteiger partial charge in [-0.15, -0.1) is 0 Å². The van der Waals surface area contributed by atoms with Gasteiger partial charge in [-0.2, -0.15) is 21.6 Å². The van der Waals surface area contributed by atoms with Crippen molar-refractivity contribution in [1.29, 1.82) is 0 Å². The number of nitrogen functional groups attached to an aromatic ring is 1. The second-order valence-electron chi connectivity index (χ2n) is 8.76. The molecule has 5 N–H and O–H groups in total. The maximum absolute atomic E-state index is 13.1. The zero-order valence-corrected chi connectivity index (χ0v) is 24.9. The second-order valence-corrected chi connectivity index (χ2v) is 12.6. The largest absolute Gasteiger partial charge is 0.424 e. The number of halogens is 4. The van der Waals surface area contributed by atoms with Crippen molar-refractivity contribution in [1.82, 2.24) is 15.0 Å². The van der Waals surface area contributed by atoms with Crippen LogP contribution in [0, 0.1) is 0 Å². The van der Waals surface area contributed by atoms with Gasteiger partial charge in [0, 0.05) is 18.0 Å². The topological polar surface area (TPSA) is 204 Å². The molecular weight excluding hydrogens is 653 g/mol. The molecule has 0 fully saturated rings. The van der Waals surface area contributed by atoms with Gasteiger partial charge in [0.1, 0.15) is 11.6 Å². The number of nitrogens with one attached hydrogen (secondary N) is 2. The number of nitrogens with zero attached hydrogens (tertiary/aromatic N) is 3. The Morgan fingerprint density at radius 1 is 0.932 bits per heavy atom. The minimum atomic E-state index is -4.74. The molecule has 234 valence electrons. The number of anilines is 3. The first kappa shape index (κ1) is 34.0. The van der Waals surface area contributed by atoms with Crippen molar-refractivity contribution in [2.45, 2.75) is 11.1 Å². The summed E-state index contributed by atoms with van der Waals surface area (Å²) in [4.78, 5) is 23.9. The highest BCUT2D eigenvalue weighted by Crippen LogP contribution is 2.34. The van der Waals surface area contributed by atoms with Gasteiger partial charge in [0.05, 0.1) is 45.5 Å². The monoisotopic (exact) mass is 674 g/mol. The van der Waals surface area contributed by atoms with Crippen LogP contribution in [0.1, 0.15) is 5.56 Å². The first-order valence-electron chi connectivity index (χ1n) is 11.7. The van der Waals surface area contributed by atoms with Crippen molar-refractivity contribution < 1.29 is 44.1 Å². The van der Waals surface area contributed by atoms with Gasteiger partial charge in [0.2, 0.25) is 0 Å². The van der Waals surface area contributed by atoms with Gasteiger partial charge in [-0.05, 0) is 42.0 Å². The van der Waals surface area contributed by atoms with E-state index in [0.717, 1.165) is 17.9 Å². The number of alkyl halides is 3. The number of sulfone groups is 1. The van der Waals surface area contributed by atoms with E-state index in [1.807, 2.05) is 0 Å². The zero-order chi connectivity index (χ0) is 32.9. The Morgan fingerprint density at radius 2 is 1.52 bits per heavy atom. The Hall–Kier alpha value is -4.52. The molecule has 0 unspecified atom stereocenters. The maximum atomic E-state index is 13.1. The van der Waals surface area contributed by atoms with Gasteiger partial charge in [-0.1, -0.05) is 23.7 Å². The summed E-state index contributed by atoms with van der Waals surface area (Å²) in [5.74, 6) is 0.702. The van der Waals surface area contributed by atoms with Crippen LogP contribution >= 0.6 is 11.6 Å². The highest BCUT2D eigenvalue weighted by atomic mass is 35.5. The van der Waals surface area contributed by atoms with E-state index in [-0.39, 0.29) is 11.7 Å². The number of rotatable bonds is 6. The van der Waals surface area contributed by atoms with Gasteiger partial charge < -0.3 is 21.1 Å². The molecule has 0 saturated heterocycles. The number of nitrogens with two attached hydrogens (primary N) is 1. The highest BCUT2D eigenvalue weighted by Gasteiger charge is 2.32. The minimum Gasteiger partial charge on any atom is -0.424 e. The van der Waals surface area contributed by atoms with Crippen molar-refractivity contribution >= 4 is 54.8 Å². The van der Waals surface area contributed by atoms with Crippen LogP contribution in [0.2, 0.25) is 5.02 Å². The molecule has 0 aliphatic heterocycles. The Labute approximate surface area is 253 Å². The van der Waals surface area contributed by atoms with Crippen LogP contribution in [0.3, 0.4) is 0 Å². The summed E-state index contributed by atoms with van der Waals surface area (Å²) in [6.07, 6.45) is 0.606. The summed E-state index contributed by atoms with van der Waals surface area (Å²) < 4.78 is 94.6. The van der Waals surface area contributed by atoms with E-state index in [9.17, 15) is 34.8 Å². The minimum absolute atomic E-state index is 0.0603. The Kier molecular flexibility index (Phi) is 10.4. The van der Waals surface area contributed by atoms with Crippen LogP contribution in [-0.4, -0.2) is 54.9 Å². The number of carbonyl (C=O) groups excluding carboxylic acids is 1. The number of hydrogen-bond donors (Lipinski definition) is 4. The first-order chi connectivity index (χ1) is 20.3. The van der Waals surface area contributed by atoms with Crippen molar-refractivity contribution in [2.24, 2.45) is 0 Å². The molecule has 2 amide bonds. The highest BCUT2D eigenvalue weighted by molar-refractivity contribution is 7.90. The molecule has 0 aliphatic carbocycles. The van der Waals surface area contributed by atoms with Crippen LogP contribution in [-0.2, 0) is 26.1 Å². The average molecular weight is 675 g/mol. The van der Waals surface area contributed by atoms with E-state index in [2.05, 4.69) is 25.6 Å². The predicted molar refractivity (Wildman–Crippen MR) is 156 cm³/mol. The lowest BCUT2D eigenvalue weighted by molar-refractivity contribution is -0.137. The lowest BCUT2D eigenvalue weighted by Crippen LogP contribution is -2.21. The Morgan fingerprint density at radius 3 is 2.07 bits per heavy atom. The summed E-state index contributed by atoms with van der Waals surface area (Å²) in [6, 6.07) is 9.29. The number of ether oxygens (including phenoxy) is 1. The number of pyridine rings is 1. The molecule has 2 heterocycles. The van der Waals surface area contributed by atoms with Gasteiger partial charge in [-0.3, -0.25) is 4.55 Å². The van der Waals surface area contributed by atoms with Gasteiger partial charge in [-0.25, -0.2) is 28.2 Å². The van der Waals surface area contributed by atoms with Crippen LogP contribution < -0.4 is 21.1 Å². The molecule has 0 atom stereocenters. The molecule has 4 rings (SSSR count). The maximum Gasteiger partial charge on any atom is 0.416 e. The lowest BCUT2D eigenvalue weighted by atomic mass is 10.1. The van der Waals surface area contributed by atoms with Crippen molar-refractivity contribution in [3.8, 4) is 22.9 Å². The molecule has 13 nitrogen and oxygen atoms in total. The summed E-state index contributed by atoms with van der Waals surface area (Å²) in [5, 5.41) is 4.87.